The molecule has 2 aromatic rings. The van der Waals surface area contributed by atoms with Crippen LogP contribution >= 0.6 is 0 Å². The van der Waals surface area contributed by atoms with Gasteiger partial charge >= 0.3 is 0 Å². The van der Waals surface area contributed by atoms with Crippen LogP contribution in [0.15, 0.2) is 42.5 Å². The van der Waals surface area contributed by atoms with Crippen molar-refractivity contribution in [2.45, 2.75) is 6.61 Å². The van der Waals surface area contributed by atoms with E-state index >= 15 is 0 Å². The molecule has 0 unspecified atom stereocenters. The first-order valence-corrected chi connectivity index (χ1v) is 5.94. The van der Waals surface area contributed by atoms with E-state index in [1.165, 1.54) is 24.3 Å². The van der Waals surface area contributed by atoms with Crippen molar-refractivity contribution in [1.82, 2.24) is 0 Å². The van der Waals surface area contributed by atoms with Gasteiger partial charge in [0.2, 0.25) is 0 Å². The Hall–Kier alpha value is -2.63. The standard InChI is InChI=1S/C14H13FN2O3/c1-16-13-7-6-11(17(18)19)8-10(13)9-20-14-5-3-2-4-12(14)15/h2-8,16H,9H2,1H3. The van der Waals surface area contributed by atoms with Gasteiger partial charge in [-0.15, -0.1) is 0 Å². The van der Waals surface area contributed by atoms with Crippen LogP contribution < -0.4 is 10.1 Å². The highest BCUT2D eigenvalue weighted by Crippen LogP contribution is 2.24. The number of hydrogen-bond donors (Lipinski definition) is 1. The van der Waals surface area contributed by atoms with Crippen LogP contribution in [-0.2, 0) is 6.61 Å². The third-order valence-corrected chi connectivity index (χ3v) is 2.79. The van der Waals surface area contributed by atoms with Crippen molar-refractivity contribution < 1.29 is 14.1 Å². The molecule has 0 saturated carbocycles. The van der Waals surface area contributed by atoms with Crippen LogP contribution in [0.5, 0.6) is 5.75 Å². The van der Waals surface area contributed by atoms with Gasteiger partial charge in [0.25, 0.3) is 5.69 Å². The van der Waals surface area contributed by atoms with E-state index in [1.54, 1.807) is 25.2 Å². The summed E-state index contributed by atoms with van der Waals surface area (Å²) in [5.74, 6) is -0.356. The fourth-order valence-corrected chi connectivity index (χ4v) is 1.77. The summed E-state index contributed by atoms with van der Waals surface area (Å²) in [6, 6.07) is 10.4. The Morgan fingerprint density at radius 2 is 2.05 bits per heavy atom. The van der Waals surface area contributed by atoms with Crippen molar-refractivity contribution in [3.05, 3.63) is 64.0 Å². The summed E-state index contributed by atoms with van der Waals surface area (Å²) >= 11 is 0. The molecule has 0 fully saturated rings. The lowest BCUT2D eigenvalue weighted by Crippen LogP contribution is -2.02. The lowest BCUT2D eigenvalue weighted by Gasteiger charge is -2.11. The molecule has 0 amide bonds. The van der Waals surface area contributed by atoms with Crippen LogP contribution in [0, 0.1) is 15.9 Å². The average Bonchev–Trinajstić information content (AvgIpc) is 2.46. The molecule has 0 radical (unpaired) electrons. The predicted molar refractivity (Wildman–Crippen MR) is 73.4 cm³/mol. The zero-order chi connectivity index (χ0) is 14.5. The third kappa shape index (κ3) is 3.03. The maximum atomic E-state index is 13.4. The Morgan fingerprint density at radius 1 is 1.30 bits per heavy atom. The topological polar surface area (TPSA) is 64.4 Å². The number of nitro groups is 1. The lowest BCUT2D eigenvalue weighted by atomic mass is 10.1. The van der Waals surface area contributed by atoms with E-state index < -0.39 is 10.7 Å². The van der Waals surface area contributed by atoms with Crippen molar-refractivity contribution in [2.24, 2.45) is 0 Å². The lowest BCUT2D eigenvalue weighted by molar-refractivity contribution is -0.384. The quantitative estimate of drug-likeness (QED) is 0.671. The molecule has 1 N–H and O–H groups in total. The van der Waals surface area contributed by atoms with Crippen LogP contribution in [0.2, 0.25) is 0 Å². The highest BCUT2D eigenvalue weighted by Gasteiger charge is 2.11. The first-order valence-electron chi connectivity index (χ1n) is 5.94. The Balaban J connectivity index is 2.22. The second-order valence-corrected chi connectivity index (χ2v) is 4.07. The summed E-state index contributed by atoms with van der Waals surface area (Å²) in [6.07, 6.45) is 0. The molecule has 0 aliphatic rings. The van der Waals surface area contributed by atoms with Gasteiger partial charge in [0, 0.05) is 30.4 Å². The van der Waals surface area contributed by atoms with Gasteiger partial charge in [-0.3, -0.25) is 10.1 Å². The second-order valence-electron chi connectivity index (χ2n) is 4.07. The molecule has 0 aliphatic carbocycles. The number of para-hydroxylation sites is 1. The number of hydrogen-bond acceptors (Lipinski definition) is 4. The van der Waals surface area contributed by atoms with Gasteiger partial charge < -0.3 is 10.1 Å². The minimum atomic E-state index is -0.480. The number of anilines is 1. The van der Waals surface area contributed by atoms with E-state index in [-0.39, 0.29) is 18.0 Å². The molecule has 0 atom stereocenters. The summed E-state index contributed by atoms with van der Waals surface area (Å²) in [4.78, 5) is 10.3. The molecule has 6 heteroatoms. The van der Waals surface area contributed by atoms with E-state index in [2.05, 4.69) is 5.32 Å². The van der Waals surface area contributed by atoms with Crippen molar-refractivity contribution >= 4 is 11.4 Å². The van der Waals surface area contributed by atoms with Gasteiger partial charge in [0.1, 0.15) is 6.61 Å². The largest absolute Gasteiger partial charge is 0.486 e. The number of rotatable bonds is 5. The Labute approximate surface area is 115 Å². The number of benzene rings is 2. The maximum Gasteiger partial charge on any atom is 0.269 e. The molecule has 0 heterocycles. The van der Waals surface area contributed by atoms with Gasteiger partial charge in [0.15, 0.2) is 11.6 Å². The van der Waals surface area contributed by atoms with Crippen LogP contribution in [0.3, 0.4) is 0 Å². The second kappa shape index (κ2) is 6.01. The zero-order valence-corrected chi connectivity index (χ0v) is 10.8. The zero-order valence-electron chi connectivity index (χ0n) is 10.8. The van der Waals surface area contributed by atoms with Crippen molar-refractivity contribution in [2.75, 3.05) is 12.4 Å². The monoisotopic (exact) mass is 276 g/mol. The van der Waals surface area contributed by atoms with Gasteiger partial charge in [-0.05, 0) is 18.2 Å². The fourth-order valence-electron chi connectivity index (χ4n) is 1.77. The number of nitrogens with zero attached hydrogens (tertiary/aromatic N) is 1. The van der Waals surface area contributed by atoms with E-state index in [9.17, 15) is 14.5 Å². The first kappa shape index (κ1) is 13.8. The van der Waals surface area contributed by atoms with Crippen LogP contribution in [0.1, 0.15) is 5.56 Å². The van der Waals surface area contributed by atoms with E-state index in [4.69, 9.17) is 4.74 Å². The summed E-state index contributed by atoms with van der Waals surface area (Å²) in [5, 5.41) is 13.7. The smallest absolute Gasteiger partial charge is 0.269 e. The Bertz CT molecular complexity index is 632. The normalized spacial score (nSPS) is 10.1. The number of halogens is 1. The number of nitrogens with one attached hydrogen (secondary N) is 1. The van der Waals surface area contributed by atoms with E-state index in [0.29, 0.717) is 11.3 Å². The summed E-state index contributed by atoms with van der Waals surface area (Å²) in [5.41, 5.74) is 1.26. The summed E-state index contributed by atoms with van der Waals surface area (Å²) in [6.45, 7) is 0.0405. The molecule has 5 nitrogen and oxygen atoms in total. The minimum Gasteiger partial charge on any atom is -0.486 e. The molecule has 0 saturated heterocycles. The third-order valence-electron chi connectivity index (χ3n) is 2.79. The van der Waals surface area contributed by atoms with Gasteiger partial charge in [-0.2, -0.15) is 0 Å². The van der Waals surface area contributed by atoms with Crippen LogP contribution in [0.25, 0.3) is 0 Å². The molecule has 0 spiro atoms. The highest BCUT2D eigenvalue weighted by molar-refractivity contribution is 5.55. The Morgan fingerprint density at radius 3 is 2.70 bits per heavy atom. The first-order chi connectivity index (χ1) is 9.61. The van der Waals surface area contributed by atoms with Crippen molar-refractivity contribution in [3.63, 3.8) is 0 Å². The molecule has 0 bridgehead atoms. The molecule has 0 aromatic heterocycles. The average molecular weight is 276 g/mol. The van der Waals surface area contributed by atoms with Gasteiger partial charge in [0.05, 0.1) is 4.92 Å². The Kier molecular flexibility index (Phi) is 4.14. The molecular weight excluding hydrogens is 263 g/mol. The number of ether oxygens (including phenoxy) is 1. The molecular formula is C14H13FN2O3. The van der Waals surface area contributed by atoms with E-state index in [1.807, 2.05) is 0 Å². The van der Waals surface area contributed by atoms with Gasteiger partial charge in [-0.1, -0.05) is 12.1 Å². The van der Waals surface area contributed by atoms with E-state index in [0.717, 1.165) is 0 Å². The summed E-state index contributed by atoms with van der Waals surface area (Å²) in [7, 11) is 1.70. The van der Waals surface area contributed by atoms with Crippen molar-refractivity contribution in [1.29, 1.82) is 0 Å². The van der Waals surface area contributed by atoms with Crippen LogP contribution in [0.4, 0.5) is 15.8 Å². The van der Waals surface area contributed by atoms with Gasteiger partial charge in [-0.25, -0.2) is 4.39 Å². The predicted octanol–water partition coefficient (Wildman–Crippen LogP) is 3.35. The number of non-ortho nitro benzene ring substituents is 1. The SMILES string of the molecule is CNc1ccc([N+](=O)[O-])cc1COc1ccccc1F. The fraction of sp³-hybridized carbons (Fsp3) is 0.143. The maximum absolute atomic E-state index is 13.4. The minimum absolute atomic E-state index is 0.0314. The molecule has 20 heavy (non-hydrogen) atoms. The highest BCUT2D eigenvalue weighted by atomic mass is 19.1. The molecule has 2 rings (SSSR count). The number of nitro benzene ring substituents is 1. The van der Waals surface area contributed by atoms with Crippen LogP contribution in [-0.4, -0.2) is 12.0 Å². The molecule has 0 aliphatic heterocycles. The molecule has 2 aromatic carbocycles. The molecule has 104 valence electrons. The van der Waals surface area contributed by atoms with Crippen molar-refractivity contribution in [3.8, 4) is 5.75 Å². The summed E-state index contributed by atoms with van der Waals surface area (Å²) < 4.78 is 18.8.